The molecule has 8 nitrogen and oxygen atoms in total. The van der Waals surface area contributed by atoms with Gasteiger partial charge < -0.3 is 10.6 Å². The molecule has 0 spiro atoms. The Morgan fingerprint density at radius 3 is 2.42 bits per heavy atom. The molecule has 1 aliphatic rings. The summed E-state index contributed by atoms with van der Waals surface area (Å²) in [6, 6.07) is 7.03. The molecule has 1 saturated heterocycles. The van der Waals surface area contributed by atoms with Crippen LogP contribution in [0, 0.1) is 5.92 Å². The molecule has 1 fully saturated rings. The number of nitrogens with zero attached hydrogens (tertiary/aromatic N) is 5. The maximum absolute atomic E-state index is 13.0. The summed E-state index contributed by atoms with van der Waals surface area (Å²) in [6.45, 7) is 6.00. The van der Waals surface area contributed by atoms with Gasteiger partial charge in [-0.3, -0.25) is 14.9 Å². The van der Waals surface area contributed by atoms with Gasteiger partial charge in [-0.25, -0.2) is 9.78 Å². The third-order valence-corrected chi connectivity index (χ3v) is 6.14. The lowest BCUT2D eigenvalue weighted by molar-refractivity contribution is -0.141. The number of pyridine rings is 2. The first kappa shape index (κ1) is 25.5. The first-order valence-corrected chi connectivity index (χ1v) is 11.6. The topological polar surface area (TPSA) is 95.9 Å². The first-order chi connectivity index (χ1) is 16.9. The fourth-order valence-corrected chi connectivity index (χ4v) is 4.65. The quantitative estimate of drug-likeness (QED) is 0.511. The second-order valence-corrected chi connectivity index (χ2v) is 9.71. The van der Waals surface area contributed by atoms with Crippen molar-refractivity contribution < 1.29 is 18.0 Å². The number of carbonyl (C=O) groups is 1. The number of anilines is 2. The molecular weight excluding hydrogens is 469 g/mol. The summed E-state index contributed by atoms with van der Waals surface area (Å²) >= 11 is 0. The smallest absolute Gasteiger partial charge is 0.346 e. The fourth-order valence-electron chi connectivity index (χ4n) is 4.65. The van der Waals surface area contributed by atoms with Gasteiger partial charge in [0.25, 0.3) is 0 Å². The van der Waals surface area contributed by atoms with Crippen molar-refractivity contribution >= 4 is 33.5 Å². The van der Waals surface area contributed by atoms with Crippen LogP contribution in [-0.2, 0) is 6.18 Å². The zero-order valence-electron chi connectivity index (χ0n) is 20.6. The zero-order valence-corrected chi connectivity index (χ0v) is 20.6. The highest BCUT2D eigenvalue weighted by Crippen LogP contribution is 2.32. The number of halogens is 3. The summed E-state index contributed by atoms with van der Waals surface area (Å²) in [7, 11) is 3.98. The molecule has 2 atom stereocenters. The largest absolute Gasteiger partial charge is 0.433 e. The normalized spacial score (nSPS) is 18.2. The van der Waals surface area contributed by atoms with E-state index in [2.05, 4.69) is 44.4 Å². The third kappa shape index (κ3) is 5.14. The van der Waals surface area contributed by atoms with Crippen LogP contribution in [-0.4, -0.2) is 53.0 Å². The van der Waals surface area contributed by atoms with Crippen molar-refractivity contribution in [3.63, 3.8) is 0 Å². The van der Waals surface area contributed by atoms with Crippen molar-refractivity contribution in [2.24, 2.45) is 5.92 Å². The van der Waals surface area contributed by atoms with E-state index in [1.54, 1.807) is 29.3 Å². The van der Waals surface area contributed by atoms with Crippen molar-refractivity contribution in [2.75, 3.05) is 10.2 Å². The van der Waals surface area contributed by atoms with Crippen molar-refractivity contribution in [1.82, 2.24) is 25.3 Å². The molecule has 13 heteroatoms. The van der Waals surface area contributed by atoms with Gasteiger partial charge in [-0.1, -0.05) is 19.9 Å². The standard InChI is InChI=1S/C23H26B2F3N7O/c1-12(2)19-22(24,25)34-21(36)35(19)18-7-9-30-20(33-18)32-13(3)16-5-4-15(11-31-16)14-6-8-29-17(10-14)23(26,27)28/h4-13,19H,24-25H2,1-3H3,(H,34,36)(H,30,32,33)/t13-,19?/m0/s1. The van der Waals surface area contributed by atoms with E-state index in [-0.39, 0.29) is 24.0 Å². The van der Waals surface area contributed by atoms with E-state index in [1.165, 1.54) is 12.3 Å². The summed E-state index contributed by atoms with van der Waals surface area (Å²) in [5.41, 5.74) is 0.614. The van der Waals surface area contributed by atoms with Crippen LogP contribution in [0.5, 0.6) is 0 Å². The summed E-state index contributed by atoms with van der Waals surface area (Å²) < 4.78 is 39.0. The molecule has 36 heavy (non-hydrogen) atoms. The predicted octanol–water partition coefficient (Wildman–Crippen LogP) is 2.60. The van der Waals surface area contributed by atoms with E-state index >= 15 is 0 Å². The maximum Gasteiger partial charge on any atom is 0.433 e. The van der Waals surface area contributed by atoms with Crippen LogP contribution in [0.2, 0.25) is 0 Å². The molecule has 4 rings (SSSR count). The number of nitrogens with one attached hydrogen (secondary N) is 2. The van der Waals surface area contributed by atoms with Crippen molar-refractivity contribution in [3.8, 4) is 11.1 Å². The Morgan fingerprint density at radius 2 is 1.78 bits per heavy atom. The van der Waals surface area contributed by atoms with E-state index in [4.69, 9.17) is 0 Å². The van der Waals surface area contributed by atoms with Gasteiger partial charge >= 0.3 is 12.2 Å². The van der Waals surface area contributed by atoms with Crippen molar-refractivity contribution in [3.05, 3.63) is 60.3 Å². The van der Waals surface area contributed by atoms with Crippen LogP contribution in [0.15, 0.2) is 48.9 Å². The monoisotopic (exact) mass is 495 g/mol. The second kappa shape index (κ2) is 9.44. The number of alkyl halides is 3. The number of hydrogen-bond acceptors (Lipinski definition) is 6. The first-order valence-electron chi connectivity index (χ1n) is 11.6. The average molecular weight is 495 g/mol. The minimum Gasteiger partial charge on any atom is -0.346 e. The molecule has 4 heterocycles. The molecule has 1 unspecified atom stereocenters. The van der Waals surface area contributed by atoms with Crippen LogP contribution in [0.25, 0.3) is 11.1 Å². The van der Waals surface area contributed by atoms with Crippen LogP contribution < -0.4 is 15.5 Å². The van der Waals surface area contributed by atoms with Gasteiger partial charge in [-0.15, -0.1) is 0 Å². The highest BCUT2D eigenvalue weighted by molar-refractivity contribution is 6.43. The van der Waals surface area contributed by atoms with E-state index in [0.717, 1.165) is 12.3 Å². The molecule has 2 amide bonds. The molecule has 0 saturated carbocycles. The third-order valence-electron chi connectivity index (χ3n) is 6.14. The Kier molecular flexibility index (Phi) is 6.67. The fraction of sp³-hybridized carbons (Fsp3) is 0.348. The minimum atomic E-state index is -4.52. The van der Waals surface area contributed by atoms with Crippen LogP contribution in [0.4, 0.5) is 29.7 Å². The number of hydrogen-bond donors (Lipinski definition) is 2. The minimum absolute atomic E-state index is 0.0922. The highest BCUT2D eigenvalue weighted by atomic mass is 19.4. The maximum atomic E-state index is 13.0. The van der Waals surface area contributed by atoms with Crippen LogP contribution >= 0.6 is 0 Å². The van der Waals surface area contributed by atoms with Crippen LogP contribution in [0.1, 0.15) is 38.2 Å². The lowest BCUT2D eigenvalue weighted by atomic mass is 9.56. The lowest BCUT2D eigenvalue weighted by Gasteiger charge is -2.34. The summed E-state index contributed by atoms with van der Waals surface area (Å²) in [4.78, 5) is 31.1. The van der Waals surface area contributed by atoms with E-state index in [1.807, 2.05) is 22.6 Å². The summed E-state index contributed by atoms with van der Waals surface area (Å²) in [5.74, 6) is 1.01. The molecule has 186 valence electrons. The molecular formula is C23H26B2F3N7O. The zero-order chi connectivity index (χ0) is 26.3. The Morgan fingerprint density at radius 1 is 1.06 bits per heavy atom. The van der Waals surface area contributed by atoms with E-state index < -0.39 is 17.2 Å². The molecule has 0 radical (unpaired) electrons. The molecule has 0 aliphatic carbocycles. The van der Waals surface area contributed by atoms with Gasteiger partial charge in [-0.2, -0.15) is 18.2 Å². The number of amides is 2. The van der Waals surface area contributed by atoms with E-state index in [0.29, 0.717) is 28.6 Å². The van der Waals surface area contributed by atoms with Gasteiger partial charge in [0, 0.05) is 29.5 Å². The number of rotatable bonds is 6. The van der Waals surface area contributed by atoms with E-state index in [9.17, 15) is 18.0 Å². The molecule has 3 aromatic rings. The molecule has 3 aromatic heterocycles. The molecule has 1 aliphatic heterocycles. The second-order valence-electron chi connectivity index (χ2n) is 9.71. The summed E-state index contributed by atoms with van der Waals surface area (Å²) in [6.07, 6.45) is -0.279. The van der Waals surface area contributed by atoms with Crippen molar-refractivity contribution in [1.29, 1.82) is 0 Å². The Balaban J connectivity index is 1.51. The molecule has 0 aromatic carbocycles. The SMILES string of the molecule is BC1(B)NC(=O)N(c2ccnc(N[C@@H](C)c3ccc(-c4ccnc(C(F)(F)F)c4)cn3)n2)C1C(C)C. The Labute approximate surface area is 209 Å². The Hall–Kier alpha value is -3.63. The number of aromatic nitrogens is 4. The van der Waals surface area contributed by atoms with Gasteiger partial charge in [0.2, 0.25) is 5.95 Å². The van der Waals surface area contributed by atoms with Gasteiger partial charge in [0.05, 0.1) is 17.8 Å². The van der Waals surface area contributed by atoms with Gasteiger partial charge in [-0.05, 0) is 42.7 Å². The molecule has 2 N–H and O–H groups in total. The van der Waals surface area contributed by atoms with Gasteiger partial charge in [0.1, 0.15) is 27.2 Å². The lowest BCUT2D eigenvalue weighted by Crippen LogP contribution is -2.53. The average Bonchev–Trinajstić information content (AvgIpc) is 3.07. The Bertz CT molecular complexity index is 1250. The highest BCUT2D eigenvalue weighted by Gasteiger charge is 2.47. The van der Waals surface area contributed by atoms with Crippen molar-refractivity contribution in [2.45, 2.75) is 44.4 Å². The van der Waals surface area contributed by atoms with Gasteiger partial charge in [0.15, 0.2) is 0 Å². The summed E-state index contributed by atoms with van der Waals surface area (Å²) in [5, 5.41) is 5.79. The van der Waals surface area contributed by atoms with Crippen LogP contribution in [0.3, 0.4) is 0 Å². The predicted molar refractivity (Wildman–Crippen MR) is 136 cm³/mol. The number of carbonyl (C=O) groups excluding carboxylic acids is 1. The number of urea groups is 1. The molecule has 0 bridgehead atoms.